The Morgan fingerprint density at radius 3 is 2.58 bits per heavy atom. The van der Waals surface area contributed by atoms with Gasteiger partial charge in [-0.15, -0.1) is 0 Å². The van der Waals surface area contributed by atoms with Gasteiger partial charge in [0.05, 0.1) is 29.7 Å². The second kappa shape index (κ2) is 7.39. The predicted octanol–water partition coefficient (Wildman–Crippen LogP) is 3.59. The number of anilines is 1. The molecule has 0 spiro atoms. The molecule has 0 atom stereocenters. The zero-order valence-corrected chi connectivity index (χ0v) is 15.4. The van der Waals surface area contributed by atoms with Gasteiger partial charge in [-0.05, 0) is 50.6 Å². The number of esters is 1. The number of nitrogens with one attached hydrogen (secondary N) is 1. The number of aromatic nitrogens is 3. The van der Waals surface area contributed by atoms with E-state index in [-0.39, 0.29) is 5.97 Å². The molecule has 134 valence electrons. The Morgan fingerprint density at radius 2 is 1.92 bits per heavy atom. The summed E-state index contributed by atoms with van der Waals surface area (Å²) in [6, 6.07) is 13.7. The van der Waals surface area contributed by atoms with E-state index in [0.717, 1.165) is 22.6 Å². The van der Waals surface area contributed by atoms with Crippen LogP contribution in [0.1, 0.15) is 33.0 Å². The summed E-state index contributed by atoms with van der Waals surface area (Å²) in [5.41, 5.74) is 5.32. The number of aryl methyl sites for hydroxylation is 3. The SMILES string of the molecule is COC(=O)c1ccc(NCc2ccccc2-n2nc(C)cc2C)nc1C. The van der Waals surface area contributed by atoms with Crippen molar-refractivity contribution < 1.29 is 9.53 Å². The van der Waals surface area contributed by atoms with Crippen LogP contribution in [0.25, 0.3) is 5.69 Å². The number of nitrogens with zero attached hydrogens (tertiary/aromatic N) is 3. The lowest BCUT2D eigenvalue weighted by Gasteiger charge is -2.13. The number of para-hydroxylation sites is 1. The molecule has 0 aliphatic carbocycles. The van der Waals surface area contributed by atoms with Gasteiger partial charge in [0.1, 0.15) is 5.82 Å². The van der Waals surface area contributed by atoms with Gasteiger partial charge in [-0.3, -0.25) is 0 Å². The molecule has 6 heteroatoms. The number of carbonyl (C=O) groups excluding carboxylic acids is 1. The Kier molecular flexibility index (Phi) is 5.02. The maximum atomic E-state index is 11.7. The third-order valence-corrected chi connectivity index (χ3v) is 4.18. The lowest BCUT2D eigenvalue weighted by atomic mass is 10.1. The first-order valence-electron chi connectivity index (χ1n) is 8.41. The number of pyridine rings is 1. The van der Waals surface area contributed by atoms with Gasteiger partial charge in [0.2, 0.25) is 0 Å². The van der Waals surface area contributed by atoms with E-state index < -0.39 is 0 Å². The minimum atomic E-state index is -0.378. The van der Waals surface area contributed by atoms with Crippen molar-refractivity contribution in [3.63, 3.8) is 0 Å². The van der Waals surface area contributed by atoms with E-state index in [1.54, 1.807) is 19.1 Å². The monoisotopic (exact) mass is 350 g/mol. The number of methoxy groups -OCH3 is 1. The Morgan fingerprint density at radius 1 is 1.15 bits per heavy atom. The molecule has 6 nitrogen and oxygen atoms in total. The molecule has 1 N–H and O–H groups in total. The van der Waals surface area contributed by atoms with E-state index in [4.69, 9.17) is 4.74 Å². The van der Waals surface area contributed by atoms with Gasteiger partial charge in [-0.2, -0.15) is 5.10 Å². The van der Waals surface area contributed by atoms with Gasteiger partial charge >= 0.3 is 5.97 Å². The third-order valence-electron chi connectivity index (χ3n) is 4.18. The van der Waals surface area contributed by atoms with Gasteiger partial charge in [0.15, 0.2) is 0 Å². The van der Waals surface area contributed by atoms with Gasteiger partial charge in [-0.25, -0.2) is 14.5 Å². The van der Waals surface area contributed by atoms with Crippen LogP contribution in [0.3, 0.4) is 0 Å². The quantitative estimate of drug-likeness (QED) is 0.712. The van der Waals surface area contributed by atoms with Crippen LogP contribution in [0.2, 0.25) is 0 Å². The first kappa shape index (κ1) is 17.7. The van der Waals surface area contributed by atoms with Crippen molar-refractivity contribution in [1.29, 1.82) is 0 Å². The Bertz CT molecular complexity index is 947. The summed E-state index contributed by atoms with van der Waals surface area (Å²) in [6.07, 6.45) is 0. The predicted molar refractivity (Wildman–Crippen MR) is 101 cm³/mol. The molecule has 0 unspecified atom stereocenters. The van der Waals surface area contributed by atoms with Crippen LogP contribution in [-0.2, 0) is 11.3 Å². The molecular formula is C20H22N4O2. The van der Waals surface area contributed by atoms with Crippen LogP contribution in [0.5, 0.6) is 0 Å². The van der Waals surface area contributed by atoms with Gasteiger partial charge < -0.3 is 10.1 Å². The maximum Gasteiger partial charge on any atom is 0.339 e. The molecule has 0 aliphatic heterocycles. The molecule has 0 radical (unpaired) electrons. The van der Waals surface area contributed by atoms with Gasteiger partial charge in [0.25, 0.3) is 0 Å². The maximum absolute atomic E-state index is 11.7. The molecule has 26 heavy (non-hydrogen) atoms. The van der Waals surface area contributed by atoms with Crippen molar-refractivity contribution in [2.45, 2.75) is 27.3 Å². The Balaban J connectivity index is 1.82. The molecule has 0 bridgehead atoms. The number of benzene rings is 1. The highest BCUT2D eigenvalue weighted by Crippen LogP contribution is 2.19. The van der Waals surface area contributed by atoms with E-state index in [9.17, 15) is 4.79 Å². The molecular weight excluding hydrogens is 328 g/mol. The molecule has 3 aromatic rings. The van der Waals surface area contributed by atoms with Gasteiger partial charge in [0, 0.05) is 12.2 Å². The Hall–Kier alpha value is -3.15. The van der Waals surface area contributed by atoms with Crippen molar-refractivity contribution >= 4 is 11.8 Å². The van der Waals surface area contributed by atoms with Crippen molar-refractivity contribution in [2.24, 2.45) is 0 Å². The summed E-state index contributed by atoms with van der Waals surface area (Å²) in [7, 11) is 1.36. The number of hydrogen-bond donors (Lipinski definition) is 1. The van der Waals surface area contributed by atoms with Crippen LogP contribution in [0.15, 0.2) is 42.5 Å². The largest absolute Gasteiger partial charge is 0.465 e. The molecule has 2 aromatic heterocycles. The molecule has 1 aromatic carbocycles. The van der Waals surface area contributed by atoms with Crippen molar-refractivity contribution in [3.8, 4) is 5.69 Å². The molecule has 0 fully saturated rings. The summed E-state index contributed by atoms with van der Waals surface area (Å²) in [4.78, 5) is 16.1. The van der Waals surface area contributed by atoms with E-state index >= 15 is 0 Å². The fraction of sp³-hybridized carbons (Fsp3) is 0.250. The van der Waals surface area contributed by atoms with E-state index in [2.05, 4.69) is 33.6 Å². The molecule has 0 aliphatic rings. The second-order valence-corrected chi connectivity index (χ2v) is 6.14. The summed E-state index contributed by atoms with van der Waals surface area (Å²) in [5.74, 6) is 0.328. The molecule has 0 amide bonds. The summed E-state index contributed by atoms with van der Waals surface area (Å²) < 4.78 is 6.70. The molecule has 0 saturated heterocycles. The number of carbonyl (C=O) groups is 1. The van der Waals surface area contributed by atoms with Crippen LogP contribution >= 0.6 is 0 Å². The zero-order valence-electron chi connectivity index (χ0n) is 15.4. The molecule has 3 rings (SSSR count). The minimum absolute atomic E-state index is 0.378. The summed E-state index contributed by atoms with van der Waals surface area (Å²) in [5, 5.41) is 7.89. The highest BCUT2D eigenvalue weighted by atomic mass is 16.5. The fourth-order valence-corrected chi connectivity index (χ4v) is 2.91. The highest BCUT2D eigenvalue weighted by molar-refractivity contribution is 5.90. The van der Waals surface area contributed by atoms with Crippen LogP contribution < -0.4 is 5.32 Å². The highest BCUT2D eigenvalue weighted by Gasteiger charge is 2.12. The van der Waals surface area contributed by atoms with E-state index in [1.807, 2.05) is 30.7 Å². The normalized spacial score (nSPS) is 10.6. The lowest BCUT2D eigenvalue weighted by Crippen LogP contribution is -2.10. The van der Waals surface area contributed by atoms with Crippen molar-refractivity contribution in [3.05, 3.63) is 70.7 Å². The van der Waals surface area contributed by atoms with Gasteiger partial charge in [-0.1, -0.05) is 18.2 Å². The minimum Gasteiger partial charge on any atom is -0.465 e. The topological polar surface area (TPSA) is 69.0 Å². The molecule has 2 heterocycles. The average Bonchev–Trinajstić information content (AvgIpc) is 2.97. The lowest BCUT2D eigenvalue weighted by molar-refractivity contribution is 0.0599. The number of hydrogen-bond acceptors (Lipinski definition) is 5. The summed E-state index contributed by atoms with van der Waals surface area (Å²) in [6.45, 7) is 6.42. The Labute approximate surface area is 152 Å². The first-order valence-corrected chi connectivity index (χ1v) is 8.41. The number of rotatable bonds is 5. The smallest absolute Gasteiger partial charge is 0.339 e. The van der Waals surface area contributed by atoms with Crippen molar-refractivity contribution in [1.82, 2.24) is 14.8 Å². The first-order chi connectivity index (χ1) is 12.5. The van der Waals surface area contributed by atoms with Crippen LogP contribution in [0, 0.1) is 20.8 Å². The molecule has 0 saturated carbocycles. The van der Waals surface area contributed by atoms with E-state index in [0.29, 0.717) is 23.6 Å². The van der Waals surface area contributed by atoms with Crippen molar-refractivity contribution in [2.75, 3.05) is 12.4 Å². The fourth-order valence-electron chi connectivity index (χ4n) is 2.91. The average molecular weight is 350 g/mol. The van der Waals surface area contributed by atoms with Crippen LogP contribution in [-0.4, -0.2) is 27.8 Å². The standard InChI is InChI=1S/C20H22N4O2/c1-13-11-14(2)24(23-13)18-8-6-5-7-16(18)12-21-19-10-9-17(15(3)22-19)20(25)26-4/h5-11H,12H2,1-4H3,(H,21,22). The second-order valence-electron chi connectivity index (χ2n) is 6.14. The van der Waals surface area contributed by atoms with E-state index in [1.165, 1.54) is 7.11 Å². The summed E-state index contributed by atoms with van der Waals surface area (Å²) >= 11 is 0. The van der Waals surface area contributed by atoms with Crippen LogP contribution in [0.4, 0.5) is 5.82 Å². The zero-order chi connectivity index (χ0) is 18.7. The number of ether oxygens (including phenoxy) is 1. The third kappa shape index (κ3) is 3.59.